The summed E-state index contributed by atoms with van der Waals surface area (Å²) in [5.74, 6) is 0.394. The molecule has 7 nitrogen and oxygen atoms in total. The van der Waals surface area contributed by atoms with E-state index in [0.717, 1.165) is 6.42 Å². The Morgan fingerprint density at radius 1 is 1.57 bits per heavy atom. The molecule has 3 rings (SSSR count). The number of β-amino-alcohol motifs (C(OH)–C–C–N with tert-alkyl or cyclic N) is 1. The van der Waals surface area contributed by atoms with E-state index in [1.54, 1.807) is 10.6 Å². The maximum absolute atomic E-state index is 12.9. The topological polar surface area (TPSA) is 86.9 Å². The number of nitrogens with one attached hydrogen (secondary N) is 1. The van der Waals surface area contributed by atoms with Crippen molar-refractivity contribution in [2.75, 3.05) is 25.0 Å². The van der Waals surface area contributed by atoms with Crippen LogP contribution in [-0.2, 0) is 10.0 Å². The molecule has 0 aromatic carbocycles. The van der Waals surface area contributed by atoms with Crippen LogP contribution in [0.25, 0.3) is 4.96 Å². The van der Waals surface area contributed by atoms with Gasteiger partial charge in [0.15, 0.2) is 15.8 Å². The second-order valence-corrected chi connectivity index (χ2v) is 7.78. The molecule has 3 heterocycles. The van der Waals surface area contributed by atoms with Gasteiger partial charge in [0.25, 0.3) is 10.0 Å². The molecule has 1 fully saturated rings. The van der Waals surface area contributed by atoms with Crippen molar-refractivity contribution >= 4 is 32.1 Å². The average molecular weight is 330 g/mol. The van der Waals surface area contributed by atoms with Crippen LogP contribution in [0.5, 0.6) is 0 Å². The number of anilines is 1. The van der Waals surface area contributed by atoms with Gasteiger partial charge in [-0.3, -0.25) is 4.40 Å². The minimum atomic E-state index is -3.67. The average Bonchev–Trinajstić information content (AvgIpc) is 3.10. The summed E-state index contributed by atoms with van der Waals surface area (Å²) < 4.78 is 28.6. The molecule has 116 valence electrons. The molecule has 2 N–H and O–H groups in total. The SMILES string of the molecule is CCCNc1nc2sccn2c1S(=O)(=O)N1CCC(O)C1. The summed E-state index contributed by atoms with van der Waals surface area (Å²) in [7, 11) is -3.67. The minimum absolute atomic E-state index is 0.146. The van der Waals surface area contributed by atoms with Gasteiger partial charge in [-0.05, 0) is 12.8 Å². The zero-order valence-electron chi connectivity index (χ0n) is 11.7. The van der Waals surface area contributed by atoms with E-state index in [0.29, 0.717) is 30.3 Å². The van der Waals surface area contributed by atoms with Crippen LogP contribution < -0.4 is 5.32 Å². The predicted molar refractivity (Wildman–Crippen MR) is 81.2 cm³/mol. The Labute approximate surface area is 127 Å². The predicted octanol–water partition coefficient (Wildman–Crippen LogP) is 0.973. The van der Waals surface area contributed by atoms with Gasteiger partial charge in [-0.25, -0.2) is 13.4 Å². The summed E-state index contributed by atoms with van der Waals surface area (Å²) in [5, 5.41) is 14.7. The number of aliphatic hydroxyl groups is 1. The molecule has 0 radical (unpaired) electrons. The maximum Gasteiger partial charge on any atom is 0.262 e. The van der Waals surface area contributed by atoms with Crippen LogP contribution in [0.2, 0.25) is 0 Å². The highest BCUT2D eigenvalue weighted by Crippen LogP contribution is 2.30. The van der Waals surface area contributed by atoms with Gasteiger partial charge in [-0.15, -0.1) is 11.3 Å². The first-order valence-electron chi connectivity index (χ1n) is 6.91. The van der Waals surface area contributed by atoms with E-state index in [9.17, 15) is 13.5 Å². The number of rotatable bonds is 5. The van der Waals surface area contributed by atoms with Crippen molar-refractivity contribution in [3.8, 4) is 0 Å². The van der Waals surface area contributed by atoms with Crippen molar-refractivity contribution in [2.45, 2.75) is 30.9 Å². The van der Waals surface area contributed by atoms with Crippen LogP contribution in [0.3, 0.4) is 0 Å². The van der Waals surface area contributed by atoms with E-state index in [1.807, 2.05) is 12.3 Å². The molecule has 1 saturated heterocycles. The Balaban J connectivity index is 2.06. The van der Waals surface area contributed by atoms with E-state index in [4.69, 9.17) is 0 Å². The fourth-order valence-electron chi connectivity index (χ4n) is 2.42. The number of nitrogens with zero attached hydrogens (tertiary/aromatic N) is 3. The first kappa shape index (κ1) is 14.8. The van der Waals surface area contributed by atoms with Gasteiger partial charge in [0.2, 0.25) is 0 Å². The van der Waals surface area contributed by atoms with E-state index in [1.165, 1.54) is 15.6 Å². The summed E-state index contributed by atoms with van der Waals surface area (Å²) >= 11 is 1.39. The Morgan fingerprint density at radius 3 is 3.05 bits per heavy atom. The van der Waals surface area contributed by atoms with Gasteiger partial charge in [-0.1, -0.05) is 6.92 Å². The van der Waals surface area contributed by atoms with Crippen LogP contribution in [-0.4, -0.2) is 53.0 Å². The second kappa shape index (κ2) is 5.56. The number of sulfonamides is 1. The van der Waals surface area contributed by atoms with Crippen LogP contribution in [0, 0.1) is 0 Å². The molecule has 0 aliphatic carbocycles. The first-order chi connectivity index (χ1) is 10.0. The molecule has 1 aliphatic heterocycles. The lowest BCUT2D eigenvalue weighted by Gasteiger charge is -2.16. The fourth-order valence-corrected chi connectivity index (χ4v) is 4.91. The molecule has 0 amide bonds. The summed E-state index contributed by atoms with van der Waals surface area (Å²) in [6, 6.07) is 0. The largest absolute Gasteiger partial charge is 0.392 e. The summed E-state index contributed by atoms with van der Waals surface area (Å²) in [4.78, 5) is 5.01. The Morgan fingerprint density at radius 2 is 2.38 bits per heavy atom. The summed E-state index contributed by atoms with van der Waals surface area (Å²) in [6.07, 6.45) is 2.48. The number of imidazole rings is 1. The molecule has 0 bridgehead atoms. The van der Waals surface area contributed by atoms with Gasteiger partial charge in [-0.2, -0.15) is 4.31 Å². The molecular weight excluding hydrogens is 312 g/mol. The van der Waals surface area contributed by atoms with Crippen LogP contribution >= 0.6 is 11.3 Å². The Hall–Kier alpha value is -1.16. The molecular formula is C12H18N4O3S2. The number of aliphatic hydroxyl groups excluding tert-OH is 1. The highest BCUT2D eigenvalue weighted by atomic mass is 32.2. The van der Waals surface area contributed by atoms with E-state index in [-0.39, 0.29) is 11.6 Å². The standard InChI is InChI=1S/C12H18N4O3S2/c1-2-4-13-10-11(16-6-7-20-12(16)14-10)21(18,19)15-5-3-9(17)8-15/h6-7,9,13,17H,2-5,8H2,1H3. The monoisotopic (exact) mass is 330 g/mol. The van der Waals surface area contributed by atoms with Gasteiger partial charge < -0.3 is 10.4 Å². The minimum Gasteiger partial charge on any atom is -0.392 e. The highest BCUT2D eigenvalue weighted by molar-refractivity contribution is 7.89. The number of hydrogen-bond donors (Lipinski definition) is 2. The second-order valence-electron chi connectivity index (χ2n) is 5.05. The molecule has 1 atom stereocenters. The van der Waals surface area contributed by atoms with Gasteiger partial charge in [0, 0.05) is 31.2 Å². The Kier molecular flexibility index (Phi) is 3.91. The Bertz CT molecular complexity index is 737. The van der Waals surface area contributed by atoms with Crippen LogP contribution in [0.4, 0.5) is 5.82 Å². The van der Waals surface area contributed by atoms with Crippen molar-refractivity contribution < 1.29 is 13.5 Å². The van der Waals surface area contributed by atoms with Crippen LogP contribution in [0.15, 0.2) is 16.6 Å². The van der Waals surface area contributed by atoms with Gasteiger partial charge >= 0.3 is 0 Å². The van der Waals surface area contributed by atoms with E-state index in [2.05, 4.69) is 10.3 Å². The van der Waals surface area contributed by atoms with Gasteiger partial charge in [0.1, 0.15) is 0 Å². The normalized spacial score (nSPS) is 20.4. The molecule has 0 spiro atoms. The zero-order chi connectivity index (χ0) is 15.0. The highest BCUT2D eigenvalue weighted by Gasteiger charge is 2.36. The quantitative estimate of drug-likeness (QED) is 0.853. The molecule has 21 heavy (non-hydrogen) atoms. The molecule has 2 aromatic heterocycles. The van der Waals surface area contributed by atoms with Crippen molar-refractivity contribution in [3.05, 3.63) is 11.6 Å². The fraction of sp³-hybridized carbons (Fsp3) is 0.583. The van der Waals surface area contributed by atoms with Gasteiger partial charge in [0.05, 0.1) is 6.10 Å². The lowest BCUT2D eigenvalue weighted by molar-refractivity contribution is 0.189. The molecule has 1 aliphatic rings. The lowest BCUT2D eigenvalue weighted by atomic mass is 10.3. The summed E-state index contributed by atoms with van der Waals surface area (Å²) in [5.41, 5.74) is 0. The third-order valence-corrected chi connectivity index (χ3v) is 6.12. The smallest absolute Gasteiger partial charge is 0.262 e. The number of fused-ring (bicyclic) bond motifs is 1. The van der Waals surface area contributed by atoms with Crippen molar-refractivity contribution in [2.24, 2.45) is 0 Å². The van der Waals surface area contributed by atoms with Crippen molar-refractivity contribution in [1.29, 1.82) is 0 Å². The number of hydrogen-bond acceptors (Lipinski definition) is 6. The van der Waals surface area contributed by atoms with Crippen molar-refractivity contribution in [1.82, 2.24) is 13.7 Å². The first-order valence-corrected chi connectivity index (χ1v) is 9.23. The lowest BCUT2D eigenvalue weighted by Crippen LogP contribution is -2.31. The zero-order valence-corrected chi connectivity index (χ0v) is 13.3. The third-order valence-electron chi connectivity index (χ3n) is 3.47. The molecule has 0 saturated carbocycles. The summed E-state index contributed by atoms with van der Waals surface area (Å²) in [6.45, 7) is 3.16. The molecule has 2 aromatic rings. The van der Waals surface area contributed by atoms with Crippen LogP contribution in [0.1, 0.15) is 19.8 Å². The van der Waals surface area contributed by atoms with E-state index < -0.39 is 16.1 Å². The molecule has 9 heteroatoms. The van der Waals surface area contributed by atoms with Crippen molar-refractivity contribution in [3.63, 3.8) is 0 Å². The van der Waals surface area contributed by atoms with E-state index >= 15 is 0 Å². The number of thiazole rings is 1. The number of aromatic nitrogens is 2. The maximum atomic E-state index is 12.9. The molecule has 1 unspecified atom stereocenters. The third kappa shape index (κ3) is 2.54.